The number of carbonyl (C=O) groups excluding carboxylic acids is 1. The van der Waals surface area contributed by atoms with E-state index in [2.05, 4.69) is 95.7 Å². The third-order valence-electron chi connectivity index (χ3n) is 5.72. The van der Waals surface area contributed by atoms with Crippen LogP contribution >= 0.6 is 33.9 Å². The number of nitrogens with zero attached hydrogens (tertiary/aromatic N) is 4. The number of likely N-dealkylation sites (N-methyl/N-ethyl adjacent to an activating group) is 1. The molecule has 0 radical (unpaired) electrons. The van der Waals surface area contributed by atoms with Crippen molar-refractivity contribution in [3.63, 3.8) is 0 Å². The van der Waals surface area contributed by atoms with Gasteiger partial charge in [0.15, 0.2) is 5.82 Å². The fraction of sp³-hybridized carbons (Fsp3) is 0.250. The van der Waals surface area contributed by atoms with Crippen molar-refractivity contribution >= 4 is 45.7 Å². The minimum Gasteiger partial charge on any atom is -0.327 e. The van der Waals surface area contributed by atoms with E-state index in [1.165, 1.54) is 16.1 Å². The molecule has 10 heteroatoms. The zero-order chi connectivity index (χ0) is 23.7. The van der Waals surface area contributed by atoms with E-state index in [0.29, 0.717) is 11.9 Å². The fourth-order valence-electron chi connectivity index (χ4n) is 4.16. The van der Waals surface area contributed by atoms with Gasteiger partial charge in [-0.1, -0.05) is 12.1 Å². The van der Waals surface area contributed by atoms with Crippen LogP contribution in [0.15, 0.2) is 55.0 Å². The van der Waals surface area contributed by atoms with Crippen molar-refractivity contribution in [2.24, 2.45) is 0 Å². The Morgan fingerprint density at radius 2 is 2.03 bits per heavy atom. The largest absolute Gasteiger partial charge is 0.327 e. The second-order valence-corrected chi connectivity index (χ2v) is 10.7. The molecule has 0 spiro atoms. The van der Waals surface area contributed by atoms with Crippen molar-refractivity contribution in [3.8, 4) is 21.1 Å². The normalized spacial score (nSPS) is 15.1. The van der Waals surface area contributed by atoms with Crippen molar-refractivity contribution in [2.45, 2.75) is 19.0 Å². The number of thiophene rings is 1. The lowest BCUT2D eigenvalue weighted by atomic mass is 9.96. The van der Waals surface area contributed by atoms with Crippen LogP contribution in [0.1, 0.15) is 24.1 Å². The first kappa shape index (κ1) is 23.1. The highest BCUT2D eigenvalue weighted by Gasteiger charge is 2.30. The van der Waals surface area contributed by atoms with Crippen LogP contribution in [0.4, 0.5) is 5.82 Å². The Morgan fingerprint density at radius 3 is 2.71 bits per heavy atom. The van der Waals surface area contributed by atoms with Crippen molar-refractivity contribution in [1.82, 2.24) is 30.4 Å². The number of likely N-dealkylation sites (tertiary alicyclic amines) is 1. The molecule has 1 aliphatic rings. The molecule has 3 N–H and O–H groups in total. The van der Waals surface area contributed by atoms with Gasteiger partial charge in [-0.05, 0) is 76.7 Å². The number of benzene rings is 1. The van der Waals surface area contributed by atoms with Crippen LogP contribution in [-0.4, -0.2) is 57.2 Å². The van der Waals surface area contributed by atoms with Crippen LogP contribution in [0.2, 0.25) is 0 Å². The number of H-pyrrole nitrogens is 1. The summed E-state index contributed by atoms with van der Waals surface area (Å²) in [5.74, 6) is 1.13. The van der Waals surface area contributed by atoms with Crippen molar-refractivity contribution in [1.29, 1.82) is 0 Å². The van der Waals surface area contributed by atoms with Crippen molar-refractivity contribution < 1.29 is 4.79 Å². The number of rotatable bonds is 7. The van der Waals surface area contributed by atoms with E-state index < -0.39 is 0 Å². The number of aromatic nitrogens is 4. The van der Waals surface area contributed by atoms with Gasteiger partial charge in [-0.25, -0.2) is 4.98 Å². The molecule has 5 rings (SSSR count). The highest BCUT2D eigenvalue weighted by Crippen LogP contribution is 2.42. The second kappa shape index (κ2) is 9.90. The van der Waals surface area contributed by atoms with E-state index in [1.807, 2.05) is 12.1 Å². The molecular weight excluding hydrogens is 561 g/mol. The van der Waals surface area contributed by atoms with Gasteiger partial charge in [0.25, 0.3) is 0 Å². The standard InChI is InChI=1S/C24H24IN7OS/c1-14(33)29-21-9-16(7-8-26-21)20-10-19(23(34-20)24-27-13-28-31-24)22(30-18-11-32(2)12-18)15-3-5-17(25)6-4-15/h3-10,13,18,22,30H,11-12H2,1-2H3,(H,26,29,33)(H,27,28,31). The van der Waals surface area contributed by atoms with Gasteiger partial charge in [0.05, 0.1) is 10.9 Å². The molecule has 1 atom stereocenters. The maximum Gasteiger partial charge on any atom is 0.222 e. The smallest absolute Gasteiger partial charge is 0.222 e. The Labute approximate surface area is 215 Å². The fourth-order valence-corrected chi connectivity index (χ4v) is 5.66. The Bertz CT molecular complexity index is 1280. The maximum absolute atomic E-state index is 11.5. The van der Waals surface area contributed by atoms with Crippen LogP contribution in [0, 0.1) is 3.57 Å². The number of nitrogens with one attached hydrogen (secondary N) is 3. The molecule has 3 aromatic heterocycles. The van der Waals surface area contributed by atoms with E-state index in [0.717, 1.165) is 39.8 Å². The number of anilines is 1. The predicted octanol–water partition coefficient (Wildman–Crippen LogP) is 4.15. The summed E-state index contributed by atoms with van der Waals surface area (Å²) in [5, 5.41) is 15.0. The van der Waals surface area contributed by atoms with Crippen molar-refractivity contribution in [2.75, 3.05) is 25.5 Å². The Morgan fingerprint density at radius 1 is 1.24 bits per heavy atom. The molecule has 1 aliphatic heterocycles. The summed E-state index contributed by atoms with van der Waals surface area (Å²) in [4.78, 5) is 23.4. The van der Waals surface area contributed by atoms with Crippen LogP contribution in [0.25, 0.3) is 21.1 Å². The minimum absolute atomic E-state index is 0.00236. The molecule has 8 nitrogen and oxygen atoms in total. The maximum atomic E-state index is 11.5. The number of hydrogen-bond acceptors (Lipinski definition) is 7. The van der Waals surface area contributed by atoms with Gasteiger partial charge < -0.3 is 20.5 Å². The number of halogens is 1. The summed E-state index contributed by atoms with van der Waals surface area (Å²) < 4.78 is 1.20. The Kier molecular flexibility index (Phi) is 6.73. The summed E-state index contributed by atoms with van der Waals surface area (Å²) in [6.45, 7) is 3.51. The lowest BCUT2D eigenvalue weighted by molar-refractivity contribution is -0.114. The van der Waals surface area contributed by atoms with E-state index in [-0.39, 0.29) is 11.9 Å². The van der Waals surface area contributed by atoms with Crippen LogP contribution in [0.3, 0.4) is 0 Å². The summed E-state index contributed by atoms with van der Waals surface area (Å²) in [6, 6.07) is 15.1. The minimum atomic E-state index is -0.146. The first-order valence-electron chi connectivity index (χ1n) is 10.9. The lowest BCUT2D eigenvalue weighted by Gasteiger charge is -2.39. The summed E-state index contributed by atoms with van der Waals surface area (Å²) in [7, 11) is 2.14. The van der Waals surface area contributed by atoms with Gasteiger partial charge in [0, 0.05) is 40.7 Å². The summed E-state index contributed by atoms with van der Waals surface area (Å²) in [6.07, 6.45) is 3.32. The first-order valence-corrected chi connectivity index (χ1v) is 12.8. The predicted molar refractivity (Wildman–Crippen MR) is 143 cm³/mol. The van der Waals surface area contributed by atoms with Gasteiger partial charge in [0.2, 0.25) is 5.91 Å². The number of pyridine rings is 1. The zero-order valence-corrected chi connectivity index (χ0v) is 21.7. The third-order valence-corrected chi connectivity index (χ3v) is 7.65. The van der Waals surface area contributed by atoms with E-state index in [4.69, 9.17) is 0 Å². The lowest BCUT2D eigenvalue weighted by Crippen LogP contribution is -2.56. The van der Waals surface area contributed by atoms with Crippen molar-refractivity contribution in [3.05, 3.63) is 69.7 Å². The molecule has 4 aromatic rings. The molecule has 4 heterocycles. The highest BCUT2D eigenvalue weighted by atomic mass is 127. The van der Waals surface area contributed by atoms with Gasteiger partial charge in [-0.3, -0.25) is 4.79 Å². The zero-order valence-electron chi connectivity index (χ0n) is 18.7. The number of aromatic amines is 1. The summed E-state index contributed by atoms with van der Waals surface area (Å²) in [5.41, 5.74) is 3.33. The molecule has 1 fully saturated rings. The molecule has 0 saturated carbocycles. The first-order chi connectivity index (χ1) is 16.5. The highest BCUT2D eigenvalue weighted by molar-refractivity contribution is 14.1. The van der Waals surface area contributed by atoms with Gasteiger partial charge in [0.1, 0.15) is 12.1 Å². The molecular formula is C24H24IN7OS. The number of amides is 1. The SMILES string of the molecule is CC(=O)Nc1cc(-c2cc(C(NC3CN(C)C3)c3ccc(I)cc3)c(-c3nnc[nH]3)s2)ccn1. The van der Waals surface area contributed by atoms with Gasteiger partial charge in [-0.15, -0.1) is 21.5 Å². The Hall–Kier alpha value is -2.67. The average Bonchev–Trinajstić information content (AvgIpc) is 3.46. The van der Waals surface area contributed by atoms with Crippen LogP contribution < -0.4 is 10.6 Å². The third kappa shape index (κ3) is 5.04. The van der Waals surface area contributed by atoms with Crippen LogP contribution in [0.5, 0.6) is 0 Å². The quantitative estimate of drug-likeness (QED) is 0.282. The molecule has 1 saturated heterocycles. The number of carbonyl (C=O) groups is 1. The monoisotopic (exact) mass is 585 g/mol. The van der Waals surface area contributed by atoms with E-state index >= 15 is 0 Å². The molecule has 0 aliphatic carbocycles. The number of hydrogen-bond donors (Lipinski definition) is 3. The van der Waals surface area contributed by atoms with Gasteiger partial charge in [-0.2, -0.15) is 0 Å². The molecule has 174 valence electrons. The molecule has 1 unspecified atom stereocenters. The average molecular weight is 585 g/mol. The van der Waals surface area contributed by atoms with Crippen LogP contribution in [-0.2, 0) is 4.79 Å². The molecule has 34 heavy (non-hydrogen) atoms. The van der Waals surface area contributed by atoms with E-state index in [1.54, 1.807) is 23.9 Å². The van der Waals surface area contributed by atoms with E-state index in [9.17, 15) is 4.79 Å². The Balaban J connectivity index is 1.59. The second-order valence-electron chi connectivity index (χ2n) is 8.41. The summed E-state index contributed by atoms with van der Waals surface area (Å²) >= 11 is 3.99. The molecule has 1 amide bonds. The topological polar surface area (TPSA) is 98.8 Å². The molecule has 0 bridgehead atoms. The molecule has 1 aromatic carbocycles. The van der Waals surface area contributed by atoms with Gasteiger partial charge >= 0.3 is 0 Å².